The highest BCUT2D eigenvalue weighted by Crippen LogP contribution is 2.37. The Morgan fingerprint density at radius 1 is 1.21 bits per heavy atom. The summed E-state index contributed by atoms with van der Waals surface area (Å²) in [6, 6.07) is 7.58. The van der Waals surface area contributed by atoms with Crippen molar-refractivity contribution in [3.05, 3.63) is 47.2 Å². The summed E-state index contributed by atoms with van der Waals surface area (Å²) in [5.41, 5.74) is 1.34. The molecule has 0 atom stereocenters. The second-order valence-electron chi connectivity index (χ2n) is 7.44. The van der Waals surface area contributed by atoms with E-state index >= 15 is 0 Å². The predicted octanol–water partition coefficient (Wildman–Crippen LogP) is 4.89. The lowest BCUT2D eigenvalue weighted by molar-refractivity contribution is -0.274. The summed E-state index contributed by atoms with van der Waals surface area (Å²) in [5.74, 6) is -0.361. The van der Waals surface area contributed by atoms with Crippen molar-refractivity contribution in [2.24, 2.45) is 7.05 Å². The Hall–Kier alpha value is -3.19. The van der Waals surface area contributed by atoms with Gasteiger partial charge in [-0.1, -0.05) is 35.0 Å². The second kappa shape index (κ2) is 7.67. The standard InChI is InChI=1S/C21H15BrF3N5O3S/c1-3-34(31,32)19-14-9-11(22)7-8-30(14)28-17(19)20-27-13-10-26-16-12(18(13)29(20)2)5-4-6-15(16)33-21(23,24)25/h4-10H,3H2,1-2H3. The van der Waals surface area contributed by atoms with Crippen molar-refractivity contribution in [2.75, 3.05) is 5.75 Å². The van der Waals surface area contributed by atoms with Crippen LogP contribution in [0.5, 0.6) is 5.75 Å². The minimum Gasteiger partial charge on any atom is -0.403 e. The number of hydrogen-bond acceptors (Lipinski definition) is 6. The maximum absolute atomic E-state index is 13.1. The van der Waals surface area contributed by atoms with Crippen LogP contribution in [-0.4, -0.2) is 44.7 Å². The number of imidazole rings is 1. The first-order valence-corrected chi connectivity index (χ1v) is 12.4. The third-order valence-electron chi connectivity index (χ3n) is 5.37. The van der Waals surface area contributed by atoms with E-state index in [2.05, 4.69) is 35.7 Å². The van der Waals surface area contributed by atoms with Crippen LogP contribution in [0.2, 0.25) is 0 Å². The molecule has 176 valence electrons. The molecule has 0 radical (unpaired) electrons. The van der Waals surface area contributed by atoms with E-state index in [4.69, 9.17) is 0 Å². The van der Waals surface area contributed by atoms with Crippen molar-refractivity contribution in [3.8, 4) is 17.3 Å². The van der Waals surface area contributed by atoms with Crippen LogP contribution in [0, 0.1) is 0 Å². The Balaban J connectivity index is 1.83. The number of sulfone groups is 1. The highest BCUT2D eigenvalue weighted by Gasteiger charge is 2.33. The summed E-state index contributed by atoms with van der Waals surface area (Å²) < 4.78 is 72.6. The van der Waals surface area contributed by atoms with Gasteiger partial charge in [0, 0.05) is 23.1 Å². The van der Waals surface area contributed by atoms with Gasteiger partial charge in [0.05, 0.1) is 23.0 Å². The van der Waals surface area contributed by atoms with E-state index in [0.717, 1.165) is 0 Å². The third kappa shape index (κ3) is 3.59. The molecule has 1 aromatic carbocycles. The van der Waals surface area contributed by atoms with Crippen LogP contribution >= 0.6 is 15.9 Å². The van der Waals surface area contributed by atoms with Crippen LogP contribution in [0.25, 0.3) is 39.0 Å². The average molecular weight is 554 g/mol. The summed E-state index contributed by atoms with van der Waals surface area (Å²) in [6.07, 6.45) is -1.93. The molecule has 0 bridgehead atoms. The number of ether oxygens (including phenoxy) is 1. The zero-order valence-corrected chi connectivity index (χ0v) is 20.0. The first-order valence-electron chi connectivity index (χ1n) is 9.91. The maximum atomic E-state index is 13.1. The zero-order chi connectivity index (χ0) is 24.4. The number of pyridine rings is 2. The Morgan fingerprint density at radius 3 is 2.68 bits per heavy atom. The zero-order valence-electron chi connectivity index (χ0n) is 17.6. The van der Waals surface area contributed by atoms with Crippen LogP contribution in [0.3, 0.4) is 0 Å². The van der Waals surface area contributed by atoms with Gasteiger partial charge >= 0.3 is 6.36 Å². The summed E-state index contributed by atoms with van der Waals surface area (Å²) in [7, 11) is -2.08. The van der Waals surface area contributed by atoms with Gasteiger partial charge in [0.15, 0.2) is 21.4 Å². The quantitative estimate of drug-likeness (QED) is 0.314. The Morgan fingerprint density at radius 2 is 1.97 bits per heavy atom. The van der Waals surface area contributed by atoms with Crippen LogP contribution in [0.4, 0.5) is 13.2 Å². The molecule has 0 fully saturated rings. The minimum absolute atomic E-state index is 0.00205. The molecular formula is C21H15BrF3N5O3S. The van der Waals surface area contributed by atoms with E-state index in [1.807, 2.05) is 0 Å². The van der Waals surface area contributed by atoms with Crippen LogP contribution in [-0.2, 0) is 16.9 Å². The van der Waals surface area contributed by atoms with Crippen molar-refractivity contribution < 1.29 is 26.3 Å². The molecule has 0 N–H and O–H groups in total. The van der Waals surface area contributed by atoms with Gasteiger partial charge in [-0.15, -0.1) is 13.2 Å². The fourth-order valence-corrected chi connectivity index (χ4v) is 5.44. The summed E-state index contributed by atoms with van der Waals surface area (Å²) >= 11 is 3.36. The summed E-state index contributed by atoms with van der Waals surface area (Å²) in [4.78, 5) is 8.70. The number of rotatable bonds is 4. The minimum atomic E-state index is -4.88. The molecule has 0 saturated carbocycles. The van der Waals surface area contributed by atoms with E-state index in [1.165, 1.54) is 29.8 Å². The molecule has 0 aliphatic rings. The Kier molecular flexibility index (Phi) is 5.09. The molecule has 5 rings (SSSR count). The molecular weight excluding hydrogens is 539 g/mol. The highest BCUT2D eigenvalue weighted by atomic mass is 79.9. The predicted molar refractivity (Wildman–Crippen MR) is 122 cm³/mol. The molecule has 4 heterocycles. The number of alkyl halides is 3. The monoisotopic (exact) mass is 553 g/mol. The Labute approximate surface area is 199 Å². The van der Waals surface area contributed by atoms with Gasteiger partial charge in [-0.2, -0.15) is 5.10 Å². The lowest BCUT2D eigenvalue weighted by atomic mass is 10.2. The van der Waals surface area contributed by atoms with E-state index in [1.54, 1.807) is 36.0 Å². The highest BCUT2D eigenvalue weighted by molar-refractivity contribution is 9.10. The van der Waals surface area contributed by atoms with Gasteiger partial charge in [0.25, 0.3) is 0 Å². The Bertz CT molecular complexity index is 1710. The molecule has 34 heavy (non-hydrogen) atoms. The van der Waals surface area contributed by atoms with Crippen molar-refractivity contribution >= 4 is 53.2 Å². The third-order valence-corrected chi connectivity index (χ3v) is 7.65. The first-order chi connectivity index (χ1) is 16.0. The molecule has 0 amide bonds. The van der Waals surface area contributed by atoms with Gasteiger partial charge in [-0.05, 0) is 18.2 Å². The number of hydrogen-bond donors (Lipinski definition) is 0. The van der Waals surface area contributed by atoms with Gasteiger partial charge in [0.2, 0.25) is 0 Å². The number of para-hydroxylation sites is 1. The van der Waals surface area contributed by atoms with Crippen molar-refractivity contribution in [2.45, 2.75) is 18.2 Å². The molecule has 4 aromatic heterocycles. The molecule has 0 aliphatic carbocycles. The number of fused-ring (bicyclic) bond motifs is 4. The molecule has 5 aromatic rings. The van der Waals surface area contributed by atoms with Crippen LogP contribution in [0.1, 0.15) is 6.92 Å². The normalized spacial score (nSPS) is 12.8. The van der Waals surface area contributed by atoms with Crippen molar-refractivity contribution in [1.82, 2.24) is 24.1 Å². The van der Waals surface area contributed by atoms with Crippen LogP contribution < -0.4 is 4.74 Å². The summed E-state index contributed by atoms with van der Waals surface area (Å²) in [5, 5.41) is 4.85. The lowest BCUT2D eigenvalue weighted by Crippen LogP contribution is -2.17. The fraction of sp³-hybridized carbons (Fsp3) is 0.190. The van der Waals surface area contributed by atoms with E-state index in [0.29, 0.717) is 26.4 Å². The van der Waals surface area contributed by atoms with Gasteiger partial charge in [-0.25, -0.2) is 22.9 Å². The maximum Gasteiger partial charge on any atom is 0.573 e. The van der Waals surface area contributed by atoms with Gasteiger partial charge < -0.3 is 9.30 Å². The molecule has 0 saturated heterocycles. The second-order valence-corrected chi connectivity index (χ2v) is 10.6. The summed E-state index contributed by atoms with van der Waals surface area (Å²) in [6.45, 7) is 1.54. The number of aromatic nitrogens is 5. The average Bonchev–Trinajstić information content (AvgIpc) is 3.30. The number of aryl methyl sites for hydroxylation is 1. The lowest BCUT2D eigenvalue weighted by Gasteiger charge is -2.11. The SMILES string of the molecule is CCS(=O)(=O)c1c(-c2nc3cnc4c(OC(F)(F)F)cccc4c3n2C)nn2ccc(Br)cc12. The van der Waals surface area contributed by atoms with Gasteiger partial charge in [0.1, 0.15) is 21.6 Å². The van der Waals surface area contributed by atoms with Crippen molar-refractivity contribution in [3.63, 3.8) is 0 Å². The van der Waals surface area contributed by atoms with E-state index in [9.17, 15) is 21.6 Å². The number of benzene rings is 1. The smallest absolute Gasteiger partial charge is 0.403 e. The topological polar surface area (TPSA) is 91.4 Å². The molecule has 13 heteroatoms. The first kappa shape index (κ1) is 22.6. The number of nitrogens with zero attached hydrogens (tertiary/aromatic N) is 5. The van der Waals surface area contributed by atoms with Crippen LogP contribution in [0.15, 0.2) is 52.1 Å². The van der Waals surface area contributed by atoms with E-state index in [-0.39, 0.29) is 27.7 Å². The van der Waals surface area contributed by atoms with Crippen molar-refractivity contribution in [1.29, 1.82) is 0 Å². The molecule has 8 nitrogen and oxygen atoms in total. The largest absolute Gasteiger partial charge is 0.573 e. The molecule has 0 aliphatic heterocycles. The van der Waals surface area contributed by atoms with Gasteiger partial charge in [-0.3, -0.25) is 0 Å². The molecule has 0 spiro atoms. The molecule has 0 unspecified atom stereocenters. The van der Waals surface area contributed by atoms with E-state index < -0.39 is 21.9 Å². The number of halogens is 4. The fourth-order valence-electron chi connectivity index (χ4n) is 3.91.